The van der Waals surface area contributed by atoms with Crippen LogP contribution in [0.2, 0.25) is 0 Å². The van der Waals surface area contributed by atoms with Crippen LogP contribution >= 0.6 is 0 Å². The zero-order chi connectivity index (χ0) is 14.7. The van der Waals surface area contributed by atoms with Crippen molar-refractivity contribution in [1.82, 2.24) is 0 Å². The molecule has 1 aliphatic rings. The molecule has 3 rings (SSSR count). The number of hydrogen-bond donors (Lipinski definition) is 0. The fourth-order valence-electron chi connectivity index (χ4n) is 2.16. The smallest absolute Gasteiger partial charge is 0.266 e. The Bertz CT molecular complexity index is 791. The minimum Gasteiger partial charge on any atom is -0.268 e. The molecule has 0 saturated carbocycles. The Morgan fingerprint density at radius 3 is 2.50 bits per heavy atom. The van der Waals surface area contributed by atoms with Crippen molar-refractivity contribution in [2.45, 2.75) is 0 Å². The van der Waals surface area contributed by atoms with E-state index in [-0.39, 0.29) is 19.5 Å². The normalized spacial score (nSPS) is 13.1. The molecule has 0 unspecified atom stereocenters. The summed E-state index contributed by atoms with van der Waals surface area (Å²) in [5.41, 5.74) is 2.99. The molecule has 0 bridgehead atoms. The number of aliphatic imine (C=N–C) groups is 1. The maximum absolute atomic E-state index is 12.3. The SMILES string of the molecule is N#CN(C(=O)C=C1N=Cc2ccccc21)c1ccccc1.[Zn]. The number of amides is 1. The van der Waals surface area contributed by atoms with E-state index in [0.717, 1.165) is 16.0 Å². The first kappa shape index (κ1) is 15.8. The Kier molecular flexibility index (Phi) is 4.98. The first-order chi connectivity index (χ1) is 10.3. The van der Waals surface area contributed by atoms with Crippen molar-refractivity contribution in [2.75, 3.05) is 4.90 Å². The van der Waals surface area contributed by atoms with Crippen LogP contribution in [0.15, 0.2) is 65.7 Å². The van der Waals surface area contributed by atoms with Crippen molar-refractivity contribution in [3.05, 3.63) is 71.8 Å². The molecule has 0 spiro atoms. The van der Waals surface area contributed by atoms with Crippen LogP contribution in [0.5, 0.6) is 0 Å². The molecule has 22 heavy (non-hydrogen) atoms. The summed E-state index contributed by atoms with van der Waals surface area (Å²) in [6.07, 6.45) is 5.01. The van der Waals surface area contributed by atoms with E-state index in [1.165, 1.54) is 6.08 Å². The van der Waals surface area contributed by atoms with E-state index in [1.54, 1.807) is 30.5 Å². The van der Waals surface area contributed by atoms with Crippen LogP contribution in [0.1, 0.15) is 11.1 Å². The molecule has 0 aliphatic carbocycles. The number of fused-ring (bicyclic) bond motifs is 1. The van der Waals surface area contributed by atoms with Crippen LogP contribution in [-0.4, -0.2) is 12.1 Å². The van der Waals surface area contributed by atoms with Crippen LogP contribution < -0.4 is 4.90 Å². The van der Waals surface area contributed by atoms with Crippen molar-refractivity contribution in [3.63, 3.8) is 0 Å². The van der Waals surface area contributed by atoms with E-state index >= 15 is 0 Å². The van der Waals surface area contributed by atoms with Crippen molar-refractivity contribution in [1.29, 1.82) is 5.26 Å². The molecule has 2 aromatic carbocycles. The summed E-state index contributed by atoms with van der Waals surface area (Å²) in [7, 11) is 0. The van der Waals surface area contributed by atoms with Gasteiger partial charge in [-0.2, -0.15) is 5.26 Å². The second kappa shape index (κ2) is 6.93. The number of rotatable bonds is 2. The molecular weight excluding hydrogens is 328 g/mol. The summed E-state index contributed by atoms with van der Waals surface area (Å²) < 4.78 is 0. The quantitative estimate of drug-likeness (QED) is 0.366. The van der Waals surface area contributed by atoms with Crippen molar-refractivity contribution < 1.29 is 24.3 Å². The molecule has 0 fully saturated rings. The summed E-state index contributed by atoms with van der Waals surface area (Å²) in [6.45, 7) is 0. The number of hydrogen-bond acceptors (Lipinski definition) is 3. The maximum atomic E-state index is 12.3. The van der Waals surface area contributed by atoms with Crippen molar-refractivity contribution in [2.24, 2.45) is 4.99 Å². The Hall–Kier alpha value is -2.57. The number of benzene rings is 2. The van der Waals surface area contributed by atoms with Gasteiger partial charge in [-0.15, -0.1) is 0 Å². The summed E-state index contributed by atoms with van der Waals surface area (Å²) in [6, 6.07) is 16.5. The summed E-state index contributed by atoms with van der Waals surface area (Å²) in [5.74, 6) is -0.410. The number of carbonyl (C=O) groups excluding carboxylic acids is 1. The molecule has 1 amide bonds. The number of nitrogens with zero attached hydrogens (tertiary/aromatic N) is 3. The maximum Gasteiger partial charge on any atom is 0.266 e. The molecule has 0 atom stereocenters. The summed E-state index contributed by atoms with van der Waals surface area (Å²) in [4.78, 5) is 17.6. The monoisotopic (exact) mass is 337 g/mol. The molecule has 1 aliphatic heterocycles. The Morgan fingerprint density at radius 2 is 1.77 bits per heavy atom. The second-order valence-corrected chi connectivity index (χ2v) is 4.48. The van der Waals surface area contributed by atoms with Crippen LogP contribution in [0.25, 0.3) is 5.70 Å². The molecule has 102 valence electrons. The van der Waals surface area contributed by atoms with Gasteiger partial charge in [0.05, 0.1) is 11.4 Å². The first-order valence-electron chi connectivity index (χ1n) is 6.43. The van der Waals surface area contributed by atoms with Gasteiger partial charge in [-0.05, 0) is 12.1 Å². The van der Waals surface area contributed by atoms with Crippen molar-refractivity contribution in [3.8, 4) is 6.19 Å². The van der Waals surface area contributed by atoms with Crippen LogP contribution in [0.3, 0.4) is 0 Å². The van der Waals surface area contributed by atoms with E-state index in [4.69, 9.17) is 0 Å². The fraction of sp³-hybridized carbons (Fsp3) is 0. The molecule has 0 radical (unpaired) electrons. The van der Waals surface area contributed by atoms with Gasteiger partial charge in [0, 0.05) is 42.9 Å². The predicted octanol–water partition coefficient (Wildman–Crippen LogP) is 2.97. The number of anilines is 1. The zero-order valence-corrected chi connectivity index (χ0v) is 14.8. The van der Waals surface area contributed by atoms with Crippen LogP contribution in [0.4, 0.5) is 5.69 Å². The number of carbonyl (C=O) groups is 1. The molecular formula is C17H11N3OZn. The van der Waals surface area contributed by atoms with Crippen molar-refractivity contribution >= 4 is 23.5 Å². The van der Waals surface area contributed by atoms with Gasteiger partial charge in [0.1, 0.15) is 0 Å². The van der Waals surface area contributed by atoms with Gasteiger partial charge in [-0.3, -0.25) is 9.79 Å². The number of nitriles is 1. The predicted molar refractivity (Wildman–Crippen MR) is 81.6 cm³/mol. The van der Waals surface area contributed by atoms with Gasteiger partial charge in [0.2, 0.25) is 0 Å². The number of para-hydroxylation sites is 1. The van der Waals surface area contributed by atoms with Gasteiger partial charge in [0.25, 0.3) is 5.91 Å². The molecule has 0 saturated heterocycles. The topological polar surface area (TPSA) is 56.5 Å². The van der Waals surface area contributed by atoms with Gasteiger partial charge >= 0.3 is 0 Å². The third-order valence-corrected chi connectivity index (χ3v) is 3.17. The largest absolute Gasteiger partial charge is 0.268 e. The van der Waals surface area contributed by atoms with Crippen LogP contribution in [-0.2, 0) is 24.3 Å². The summed E-state index contributed by atoms with van der Waals surface area (Å²) >= 11 is 0. The minimum absolute atomic E-state index is 0. The van der Waals surface area contributed by atoms with E-state index in [1.807, 2.05) is 36.5 Å². The average molecular weight is 339 g/mol. The van der Waals surface area contributed by atoms with E-state index in [0.29, 0.717) is 11.4 Å². The molecule has 4 nitrogen and oxygen atoms in total. The zero-order valence-electron chi connectivity index (χ0n) is 11.8. The van der Waals surface area contributed by atoms with E-state index in [9.17, 15) is 10.1 Å². The standard InChI is InChI=1S/C17H11N3O.Zn/c18-12-20(14-7-2-1-3-8-14)17(21)10-16-15-9-5-4-6-13(15)11-19-16;/h1-11H;. The second-order valence-electron chi connectivity index (χ2n) is 4.48. The summed E-state index contributed by atoms with van der Waals surface area (Å²) in [5, 5.41) is 9.21. The Labute approximate surface area is 141 Å². The minimum atomic E-state index is -0.410. The fourth-order valence-corrected chi connectivity index (χ4v) is 2.16. The van der Waals surface area contributed by atoms with Crippen LogP contribution in [0, 0.1) is 11.5 Å². The molecule has 0 N–H and O–H groups in total. The van der Waals surface area contributed by atoms with E-state index < -0.39 is 5.91 Å². The average Bonchev–Trinajstić information content (AvgIpc) is 2.92. The van der Waals surface area contributed by atoms with Gasteiger partial charge < -0.3 is 0 Å². The first-order valence-corrected chi connectivity index (χ1v) is 6.43. The molecule has 0 aromatic heterocycles. The molecule has 2 aromatic rings. The molecule has 5 heteroatoms. The Morgan fingerprint density at radius 1 is 1.09 bits per heavy atom. The van der Waals surface area contributed by atoms with E-state index in [2.05, 4.69) is 4.99 Å². The van der Waals surface area contributed by atoms with Gasteiger partial charge in [-0.25, -0.2) is 4.90 Å². The third kappa shape index (κ3) is 3.03. The third-order valence-electron chi connectivity index (χ3n) is 3.17. The van der Waals surface area contributed by atoms with Gasteiger partial charge in [-0.1, -0.05) is 42.5 Å². The Balaban J connectivity index is 0.00000176. The van der Waals surface area contributed by atoms with Gasteiger partial charge in [0.15, 0.2) is 6.19 Å². The molecule has 1 heterocycles.